The van der Waals surface area contributed by atoms with Crippen LogP contribution in [0.1, 0.15) is 55.3 Å². The first-order valence-electron chi connectivity index (χ1n) is 7.32. The van der Waals surface area contributed by atoms with Gasteiger partial charge in [-0.25, -0.2) is 0 Å². The van der Waals surface area contributed by atoms with Crippen LogP contribution < -0.4 is 4.74 Å². The average molecular weight is 256 g/mol. The molecule has 0 saturated heterocycles. The fourth-order valence-corrected chi connectivity index (χ4v) is 2.50. The zero-order valence-corrected chi connectivity index (χ0v) is 11.2. The predicted octanol–water partition coefficient (Wildman–Crippen LogP) is 4.30. The van der Waals surface area contributed by atoms with Crippen LogP contribution >= 0.6 is 0 Å². The highest BCUT2D eigenvalue weighted by Gasteiger charge is 2.23. The van der Waals surface area contributed by atoms with Crippen LogP contribution in [0.25, 0.3) is 0 Å². The molecule has 2 saturated carbocycles. The normalized spacial score (nSPS) is 19.1. The van der Waals surface area contributed by atoms with E-state index >= 15 is 0 Å². The molecule has 0 aromatic heterocycles. The average Bonchev–Trinajstić information content (AvgIpc) is 3.25. The van der Waals surface area contributed by atoms with Gasteiger partial charge in [0.1, 0.15) is 5.75 Å². The Balaban J connectivity index is 1.65. The lowest BCUT2D eigenvalue weighted by Crippen LogP contribution is -2.01. The highest BCUT2D eigenvalue weighted by Crippen LogP contribution is 2.27. The third kappa shape index (κ3) is 3.46. The minimum Gasteiger partial charge on any atom is -0.490 e. The summed E-state index contributed by atoms with van der Waals surface area (Å²) >= 11 is 0. The Morgan fingerprint density at radius 1 is 1.05 bits per heavy atom. The maximum Gasteiger partial charge on any atom is 0.185 e. The number of carbonyl (C=O) groups is 1. The molecular weight excluding hydrogens is 236 g/mol. The first-order chi connectivity index (χ1) is 9.31. The molecule has 2 fully saturated rings. The van der Waals surface area contributed by atoms with Crippen LogP contribution in [0.2, 0.25) is 0 Å². The maximum absolute atomic E-state index is 12.1. The quantitative estimate of drug-likeness (QED) is 0.593. The van der Waals surface area contributed by atoms with Crippen LogP contribution in [0.3, 0.4) is 0 Å². The summed E-state index contributed by atoms with van der Waals surface area (Å²) in [5.41, 5.74) is 2.08. The van der Waals surface area contributed by atoms with E-state index in [1.54, 1.807) is 0 Å². The van der Waals surface area contributed by atoms with Gasteiger partial charge in [0.25, 0.3) is 0 Å². The summed E-state index contributed by atoms with van der Waals surface area (Å²) in [5, 5.41) is 0. The lowest BCUT2D eigenvalue weighted by Gasteiger charge is -2.13. The van der Waals surface area contributed by atoms with Crippen molar-refractivity contribution < 1.29 is 9.53 Å². The summed E-state index contributed by atoms with van der Waals surface area (Å²) in [6.07, 6.45) is 10.5. The largest absolute Gasteiger partial charge is 0.490 e. The fraction of sp³-hybridized carbons (Fsp3) is 0.471. The van der Waals surface area contributed by atoms with Gasteiger partial charge in [-0.3, -0.25) is 4.79 Å². The molecular formula is C17H20O2. The molecule has 0 unspecified atom stereocenters. The van der Waals surface area contributed by atoms with Crippen LogP contribution in [-0.2, 0) is 0 Å². The highest BCUT2D eigenvalue weighted by atomic mass is 16.5. The molecule has 0 radical (unpaired) electrons. The Morgan fingerprint density at radius 2 is 1.74 bits per heavy atom. The van der Waals surface area contributed by atoms with E-state index in [0.717, 1.165) is 37.0 Å². The molecule has 0 N–H and O–H groups in total. The van der Waals surface area contributed by atoms with Crippen LogP contribution in [0.15, 0.2) is 35.9 Å². The number of ether oxygens (including phenoxy) is 1. The van der Waals surface area contributed by atoms with Gasteiger partial charge in [-0.05, 0) is 68.9 Å². The highest BCUT2D eigenvalue weighted by molar-refractivity contribution is 6.04. The molecule has 2 heteroatoms. The number of ketones is 1. The molecule has 0 amide bonds. The molecule has 2 aliphatic carbocycles. The third-order valence-corrected chi connectivity index (χ3v) is 3.80. The minimum atomic E-state index is 0.134. The van der Waals surface area contributed by atoms with Gasteiger partial charge in [0.15, 0.2) is 5.78 Å². The standard InChI is InChI=1S/C17H20O2/c18-17(12-13-4-2-1-3-5-13)14-6-8-15(9-7-14)19-16-10-11-16/h6-9,12,16H,1-5,10-11H2. The molecule has 100 valence electrons. The van der Waals surface area contributed by atoms with Gasteiger partial charge in [-0.1, -0.05) is 12.0 Å². The fourth-order valence-electron chi connectivity index (χ4n) is 2.50. The number of hydrogen-bond acceptors (Lipinski definition) is 2. The maximum atomic E-state index is 12.1. The van der Waals surface area contributed by atoms with Crippen molar-refractivity contribution in [2.45, 2.75) is 51.0 Å². The summed E-state index contributed by atoms with van der Waals surface area (Å²) < 4.78 is 5.68. The summed E-state index contributed by atoms with van der Waals surface area (Å²) in [4.78, 5) is 12.1. The Kier molecular flexibility index (Phi) is 3.67. The van der Waals surface area contributed by atoms with Gasteiger partial charge in [0, 0.05) is 5.56 Å². The smallest absolute Gasteiger partial charge is 0.185 e. The van der Waals surface area contributed by atoms with Crippen molar-refractivity contribution in [2.24, 2.45) is 0 Å². The van der Waals surface area contributed by atoms with Gasteiger partial charge in [-0.15, -0.1) is 0 Å². The van der Waals surface area contributed by atoms with Crippen LogP contribution in [0.5, 0.6) is 5.75 Å². The number of hydrogen-bond donors (Lipinski definition) is 0. The molecule has 3 rings (SSSR count). The van der Waals surface area contributed by atoms with Gasteiger partial charge < -0.3 is 4.74 Å². The third-order valence-electron chi connectivity index (χ3n) is 3.80. The molecule has 2 aliphatic rings. The van der Waals surface area contributed by atoms with Gasteiger partial charge >= 0.3 is 0 Å². The van der Waals surface area contributed by atoms with E-state index in [9.17, 15) is 4.79 Å². The first-order valence-corrected chi connectivity index (χ1v) is 7.32. The summed E-state index contributed by atoms with van der Waals surface area (Å²) in [5.74, 6) is 1.01. The molecule has 0 bridgehead atoms. The Bertz CT molecular complexity index is 472. The first kappa shape index (κ1) is 12.5. The zero-order chi connectivity index (χ0) is 13.1. The van der Waals surface area contributed by atoms with E-state index < -0.39 is 0 Å². The summed E-state index contributed by atoms with van der Waals surface area (Å²) in [6, 6.07) is 7.57. The van der Waals surface area contributed by atoms with Crippen LogP contribution in [0, 0.1) is 0 Å². The summed E-state index contributed by atoms with van der Waals surface area (Å²) in [7, 11) is 0. The van der Waals surface area contributed by atoms with Crippen molar-refractivity contribution in [2.75, 3.05) is 0 Å². The number of rotatable bonds is 4. The molecule has 2 nitrogen and oxygen atoms in total. The lowest BCUT2D eigenvalue weighted by molar-refractivity contribution is 0.104. The van der Waals surface area contributed by atoms with E-state index in [4.69, 9.17) is 4.74 Å². The van der Waals surface area contributed by atoms with Crippen LogP contribution in [0.4, 0.5) is 0 Å². The Labute approximate surface area is 114 Å². The van der Waals surface area contributed by atoms with E-state index in [1.165, 1.54) is 24.8 Å². The number of benzene rings is 1. The van der Waals surface area contributed by atoms with E-state index in [-0.39, 0.29) is 5.78 Å². The SMILES string of the molecule is O=C(C=C1CCCCC1)c1ccc(OC2CC2)cc1. The molecule has 0 heterocycles. The van der Waals surface area contributed by atoms with Crippen molar-refractivity contribution >= 4 is 5.78 Å². The topological polar surface area (TPSA) is 26.3 Å². The van der Waals surface area contributed by atoms with E-state index in [1.807, 2.05) is 30.3 Å². The monoisotopic (exact) mass is 256 g/mol. The Morgan fingerprint density at radius 3 is 2.37 bits per heavy atom. The Hall–Kier alpha value is -1.57. The van der Waals surface area contributed by atoms with Crippen molar-refractivity contribution in [3.05, 3.63) is 41.5 Å². The molecule has 0 aliphatic heterocycles. The predicted molar refractivity (Wildman–Crippen MR) is 75.6 cm³/mol. The van der Waals surface area contributed by atoms with Crippen molar-refractivity contribution in [3.63, 3.8) is 0 Å². The second-order valence-electron chi connectivity index (χ2n) is 5.57. The van der Waals surface area contributed by atoms with Gasteiger partial charge in [-0.2, -0.15) is 0 Å². The second kappa shape index (κ2) is 5.60. The van der Waals surface area contributed by atoms with Crippen molar-refractivity contribution in [1.29, 1.82) is 0 Å². The minimum absolute atomic E-state index is 0.134. The van der Waals surface area contributed by atoms with Gasteiger partial charge in [0.05, 0.1) is 6.10 Å². The van der Waals surface area contributed by atoms with Crippen LogP contribution in [-0.4, -0.2) is 11.9 Å². The molecule has 0 atom stereocenters. The van der Waals surface area contributed by atoms with Gasteiger partial charge in [0.2, 0.25) is 0 Å². The van der Waals surface area contributed by atoms with Crippen molar-refractivity contribution in [1.82, 2.24) is 0 Å². The van der Waals surface area contributed by atoms with E-state index in [2.05, 4.69) is 0 Å². The molecule has 19 heavy (non-hydrogen) atoms. The van der Waals surface area contributed by atoms with E-state index in [0.29, 0.717) is 6.10 Å². The van der Waals surface area contributed by atoms with Crippen molar-refractivity contribution in [3.8, 4) is 5.75 Å². The lowest BCUT2D eigenvalue weighted by atomic mass is 9.93. The second-order valence-corrected chi connectivity index (χ2v) is 5.57. The number of allylic oxidation sites excluding steroid dienone is 2. The molecule has 1 aromatic rings. The zero-order valence-electron chi connectivity index (χ0n) is 11.2. The number of carbonyl (C=O) groups excluding carboxylic acids is 1. The molecule has 1 aromatic carbocycles. The summed E-state index contributed by atoms with van der Waals surface area (Å²) in [6.45, 7) is 0. The molecule has 0 spiro atoms.